The molecule has 0 unspecified atom stereocenters. The second-order valence-electron chi connectivity index (χ2n) is 3.34. The smallest absolute Gasteiger partial charge is 0.275 e. The van der Waals surface area contributed by atoms with E-state index in [0.717, 1.165) is 11.0 Å². The van der Waals surface area contributed by atoms with Crippen molar-refractivity contribution >= 4 is 11.8 Å². The lowest BCUT2D eigenvalue weighted by Gasteiger charge is -2.14. The summed E-state index contributed by atoms with van der Waals surface area (Å²) in [6, 6.07) is 0. The molecule has 0 N–H and O–H groups in total. The van der Waals surface area contributed by atoms with E-state index in [1.54, 1.807) is 0 Å². The van der Waals surface area contributed by atoms with Crippen LogP contribution in [0.4, 0.5) is 13.2 Å². The van der Waals surface area contributed by atoms with Crippen molar-refractivity contribution in [2.45, 2.75) is 25.9 Å². The third-order valence-corrected chi connectivity index (χ3v) is 2.03. The fourth-order valence-corrected chi connectivity index (χ4v) is 1.29. The van der Waals surface area contributed by atoms with E-state index in [1.807, 2.05) is 0 Å². The van der Waals surface area contributed by atoms with E-state index >= 15 is 0 Å². The van der Waals surface area contributed by atoms with Crippen LogP contribution in [0.15, 0.2) is 11.6 Å². The Kier molecular flexibility index (Phi) is 3.16. The van der Waals surface area contributed by atoms with Gasteiger partial charge in [-0.25, -0.2) is 0 Å². The van der Waals surface area contributed by atoms with Crippen LogP contribution < -0.4 is 0 Å². The minimum Gasteiger partial charge on any atom is -0.275 e. The summed E-state index contributed by atoms with van der Waals surface area (Å²) in [5.74, 6) is -1.03. The fraction of sp³-hybridized carbons (Fsp3) is 0.556. The van der Waals surface area contributed by atoms with Crippen LogP contribution in [0.1, 0.15) is 19.8 Å². The molecule has 0 radical (unpaired) electrons. The van der Waals surface area contributed by atoms with Crippen molar-refractivity contribution < 1.29 is 22.8 Å². The van der Waals surface area contributed by atoms with Gasteiger partial charge in [0.1, 0.15) is 0 Å². The molecule has 84 valence electrons. The second kappa shape index (κ2) is 4.04. The Labute approximate surface area is 84.5 Å². The maximum absolute atomic E-state index is 11.8. The molecule has 0 saturated carbocycles. The third-order valence-electron chi connectivity index (χ3n) is 2.03. The first kappa shape index (κ1) is 11.7. The molecule has 1 aliphatic heterocycles. The zero-order valence-electron chi connectivity index (χ0n) is 8.10. The highest BCUT2D eigenvalue weighted by Crippen LogP contribution is 2.22. The van der Waals surface area contributed by atoms with Gasteiger partial charge in [0.25, 0.3) is 11.8 Å². The first-order chi connectivity index (χ1) is 6.81. The highest BCUT2D eigenvalue weighted by atomic mass is 19.4. The van der Waals surface area contributed by atoms with Crippen LogP contribution in [0.25, 0.3) is 0 Å². The van der Waals surface area contributed by atoms with Gasteiger partial charge in [0.15, 0.2) is 0 Å². The average Bonchev–Trinajstić information content (AvgIpc) is 2.29. The summed E-state index contributed by atoms with van der Waals surface area (Å²) in [6.07, 6.45) is -4.34. The molecule has 2 amide bonds. The summed E-state index contributed by atoms with van der Waals surface area (Å²) >= 11 is 0. The van der Waals surface area contributed by atoms with Crippen LogP contribution in [0.3, 0.4) is 0 Å². The van der Waals surface area contributed by atoms with E-state index in [4.69, 9.17) is 0 Å². The number of alkyl halides is 3. The zero-order chi connectivity index (χ0) is 11.6. The van der Waals surface area contributed by atoms with Gasteiger partial charge in [-0.2, -0.15) is 13.2 Å². The van der Waals surface area contributed by atoms with E-state index in [0.29, 0.717) is 0 Å². The summed E-state index contributed by atoms with van der Waals surface area (Å²) in [6.45, 7) is 1.29. The molecule has 0 spiro atoms. The lowest BCUT2D eigenvalue weighted by molar-refractivity contribution is -0.143. The van der Waals surface area contributed by atoms with Gasteiger partial charge in [-0.15, -0.1) is 0 Å². The van der Waals surface area contributed by atoms with Gasteiger partial charge in [0, 0.05) is 24.6 Å². The minimum atomic E-state index is -4.24. The van der Waals surface area contributed by atoms with Crippen LogP contribution >= 0.6 is 0 Å². The van der Waals surface area contributed by atoms with Crippen LogP contribution in [0, 0.1) is 0 Å². The summed E-state index contributed by atoms with van der Waals surface area (Å²) in [5, 5.41) is 0. The standard InChI is InChI=1S/C9H10F3NO2/c1-6-5-7(14)13(8(6)15)4-2-3-9(10,11)12/h5H,2-4H2,1H3. The lowest BCUT2D eigenvalue weighted by Crippen LogP contribution is -2.32. The summed E-state index contributed by atoms with van der Waals surface area (Å²) in [7, 11) is 0. The first-order valence-electron chi connectivity index (χ1n) is 4.42. The van der Waals surface area contributed by atoms with Crippen molar-refractivity contribution in [3.63, 3.8) is 0 Å². The number of amides is 2. The molecule has 15 heavy (non-hydrogen) atoms. The predicted octanol–water partition coefficient (Wildman–Crippen LogP) is 1.64. The van der Waals surface area contributed by atoms with E-state index in [1.165, 1.54) is 6.92 Å². The topological polar surface area (TPSA) is 37.4 Å². The van der Waals surface area contributed by atoms with Gasteiger partial charge < -0.3 is 0 Å². The number of rotatable bonds is 3. The van der Waals surface area contributed by atoms with Gasteiger partial charge in [-0.05, 0) is 13.3 Å². The molecule has 0 fully saturated rings. The van der Waals surface area contributed by atoms with Crippen molar-refractivity contribution in [1.82, 2.24) is 4.90 Å². The summed E-state index contributed by atoms with van der Waals surface area (Å²) in [4.78, 5) is 23.2. The normalized spacial score (nSPS) is 17.3. The van der Waals surface area contributed by atoms with Crippen LogP contribution in [-0.2, 0) is 9.59 Å². The van der Waals surface area contributed by atoms with Crippen molar-refractivity contribution in [3.05, 3.63) is 11.6 Å². The average molecular weight is 221 g/mol. The van der Waals surface area contributed by atoms with Crippen LogP contribution in [0.5, 0.6) is 0 Å². The molecule has 0 aliphatic carbocycles. The first-order valence-corrected chi connectivity index (χ1v) is 4.42. The molecular weight excluding hydrogens is 211 g/mol. The molecule has 1 heterocycles. The molecule has 0 aromatic carbocycles. The molecule has 0 aromatic rings. The van der Waals surface area contributed by atoms with Crippen molar-refractivity contribution in [3.8, 4) is 0 Å². The van der Waals surface area contributed by atoms with Crippen molar-refractivity contribution in [2.24, 2.45) is 0 Å². The fourth-order valence-electron chi connectivity index (χ4n) is 1.29. The Morgan fingerprint density at radius 1 is 1.33 bits per heavy atom. The van der Waals surface area contributed by atoms with Crippen molar-refractivity contribution in [2.75, 3.05) is 6.54 Å². The minimum absolute atomic E-state index is 0.176. The number of carbonyl (C=O) groups is 2. The monoisotopic (exact) mass is 221 g/mol. The van der Waals surface area contributed by atoms with E-state index < -0.39 is 24.4 Å². The van der Waals surface area contributed by atoms with Crippen molar-refractivity contribution in [1.29, 1.82) is 0 Å². The van der Waals surface area contributed by atoms with E-state index in [-0.39, 0.29) is 18.5 Å². The van der Waals surface area contributed by atoms with Gasteiger partial charge in [0.05, 0.1) is 0 Å². The Bertz CT molecular complexity index is 320. The van der Waals surface area contributed by atoms with Crippen LogP contribution in [-0.4, -0.2) is 29.4 Å². The molecule has 1 rings (SSSR count). The number of hydrogen-bond acceptors (Lipinski definition) is 2. The third kappa shape index (κ3) is 3.07. The van der Waals surface area contributed by atoms with E-state index in [2.05, 4.69) is 0 Å². The van der Waals surface area contributed by atoms with Gasteiger partial charge in [-0.3, -0.25) is 14.5 Å². The highest BCUT2D eigenvalue weighted by molar-refractivity contribution is 6.15. The van der Waals surface area contributed by atoms with Gasteiger partial charge >= 0.3 is 6.18 Å². The number of hydrogen-bond donors (Lipinski definition) is 0. The molecule has 0 bridgehead atoms. The molecule has 6 heteroatoms. The largest absolute Gasteiger partial charge is 0.389 e. The molecule has 0 saturated heterocycles. The number of imide groups is 1. The highest BCUT2D eigenvalue weighted by Gasteiger charge is 2.31. The maximum atomic E-state index is 11.8. The summed E-state index contributed by atoms with van der Waals surface area (Å²) < 4.78 is 35.4. The molecule has 3 nitrogen and oxygen atoms in total. The Morgan fingerprint density at radius 2 is 1.93 bits per heavy atom. The second-order valence-corrected chi connectivity index (χ2v) is 3.34. The van der Waals surface area contributed by atoms with Crippen LogP contribution in [0.2, 0.25) is 0 Å². The molecule has 0 aromatic heterocycles. The van der Waals surface area contributed by atoms with Gasteiger partial charge in [0.2, 0.25) is 0 Å². The number of carbonyl (C=O) groups excluding carboxylic acids is 2. The SMILES string of the molecule is CC1=CC(=O)N(CCCC(F)(F)F)C1=O. The molecule has 0 atom stereocenters. The quantitative estimate of drug-likeness (QED) is 0.679. The Morgan fingerprint density at radius 3 is 2.33 bits per heavy atom. The molecule has 1 aliphatic rings. The number of halogens is 3. The summed E-state index contributed by atoms with van der Waals surface area (Å²) in [5.41, 5.74) is 0.270. The number of nitrogens with zero attached hydrogens (tertiary/aromatic N) is 1. The Hall–Kier alpha value is -1.33. The maximum Gasteiger partial charge on any atom is 0.389 e. The zero-order valence-corrected chi connectivity index (χ0v) is 8.10. The van der Waals surface area contributed by atoms with Gasteiger partial charge in [-0.1, -0.05) is 0 Å². The molecular formula is C9H10F3NO2. The Balaban J connectivity index is 2.42. The predicted molar refractivity (Wildman–Crippen MR) is 45.8 cm³/mol. The lowest BCUT2D eigenvalue weighted by atomic mass is 10.3. The van der Waals surface area contributed by atoms with E-state index in [9.17, 15) is 22.8 Å².